The number of imide groups is 1. The molecule has 2 heterocycles. The van der Waals surface area contributed by atoms with Crippen LogP contribution in [0.15, 0.2) is 24.3 Å². The lowest BCUT2D eigenvalue weighted by Crippen LogP contribution is -2.42. The van der Waals surface area contributed by atoms with Crippen molar-refractivity contribution < 1.29 is 14.4 Å². The Morgan fingerprint density at radius 2 is 1.63 bits per heavy atom. The zero-order valence-electron chi connectivity index (χ0n) is 10.3. The summed E-state index contributed by atoms with van der Waals surface area (Å²) in [7, 11) is 0. The molecule has 1 N–H and O–H groups in total. The number of carbonyl (C=O) groups excluding carboxylic acids is 3. The number of benzene rings is 1. The predicted molar refractivity (Wildman–Crippen MR) is 66.1 cm³/mol. The van der Waals surface area contributed by atoms with Gasteiger partial charge in [0.25, 0.3) is 11.8 Å². The molecule has 19 heavy (non-hydrogen) atoms. The highest BCUT2D eigenvalue weighted by Crippen LogP contribution is 2.22. The average Bonchev–Trinajstić information content (AvgIpc) is 2.93. The Kier molecular flexibility index (Phi) is 2.79. The summed E-state index contributed by atoms with van der Waals surface area (Å²) in [5.41, 5.74) is 3.79. The van der Waals surface area contributed by atoms with E-state index in [1.807, 2.05) is 0 Å². The van der Waals surface area contributed by atoms with Crippen molar-refractivity contribution in [1.29, 1.82) is 0 Å². The molecule has 0 saturated carbocycles. The molecule has 0 atom stereocenters. The Labute approximate surface area is 109 Å². The van der Waals surface area contributed by atoms with Crippen LogP contribution in [0.5, 0.6) is 0 Å². The van der Waals surface area contributed by atoms with Gasteiger partial charge in [-0.05, 0) is 12.1 Å². The number of nitrogens with one attached hydrogen (secondary N) is 1. The fraction of sp³-hybridized carbons (Fsp3) is 0.308. The molecule has 0 unspecified atom stereocenters. The molecule has 0 spiro atoms. The van der Waals surface area contributed by atoms with Crippen LogP contribution in [0.3, 0.4) is 0 Å². The number of carbonyl (C=O) groups is 3. The molecule has 6 heteroatoms. The minimum Gasteiger partial charge on any atom is -0.276 e. The number of amides is 3. The van der Waals surface area contributed by atoms with E-state index in [0.717, 1.165) is 0 Å². The monoisotopic (exact) mass is 259 g/mol. The summed E-state index contributed by atoms with van der Waals surface area (Å²) in [5, 5.41) is 1.46. The van der Waals surface area contributed by atoms with Crippen LogP contribution in [-0.2, 0) is 4.79 Å². The Bertz CT molecular complexity index is 535. The van der Waals surface area contributed by atoms with Crippen LogP contribution in [0.1, 0.15) is 27.1 Å². The maximum Gasteiger partial charge on any atom is 0.261 e. The molecule has 2 aliphatic heterocycles. The summed E-state index contributed by atoms with van der Waals surface area (Å²) in [6.45, 7) is 1.15. The van der Waals surface area contributed by atoms with Crippen molar-refractivity contribution in [1.82, 2.24) is 15.3 Å². The van der Waals surface area contributed by atoms with E-state index in [-0.39, 0.29) is 24.3 Å². The highest BCUT2D eigenvalue weighted by atomic mass is 16.2. The van der Waals surface area contributed by atoms with Crippen molar-refractivity contribution in [3.63, 3.8) is 0 Å². The SMILES string of the molecule is O=C1CCNN1CCN1C(=O)c2ccccc2C1=O. The van der Waals surface area contributed by atoms with Crippen LogP contribution >= 0.6 is 0 Å². The van der Waals surface area contributed by atoms with Crippen molar-refractivity contribution >= 4 is 17.7 Å². The topological polar surface area (TPSA) is 69.7 Å². The van der Waals surface area contributed by atoms with Crippen LogP contribution < -0.4 is 5.43 Å². The van der Waals surface area contributed by atoms with Gasteiger partial charge in [0.05, 0.1) is 17.7 Å². The number of hydrazine groups is 1. The van der Waals surface area contributed by atoms with Crippen molar-refractivity contribution in [2.45, 2.75) is 6.42 Å². The molecule has 3 rings (SSSR count). The van der Waals surface area contributed by atoms with Gasteiger partial charge in [-0.3, -0.25) is 24.3 Å². The summed E-state index contributed by atoms with van der Waals surface area (Å²) in [4.78, 5) is 36.8. The smallest absolute Gasteiger partial charge is 0.261 e. The first-order valence-corrected chi connectivity index (χ1v) is 6.17. The molecule has 2 aliphatic rings. The molecule has 6 nitrogen and oxygen atoms in total. The van der Waals surface area contributed by atoms with Crippen LogP contribution in [-0.4, -0.2) is 47.3 Å². The number of fused-ring (bicyclic) bond motifs is 1. The van der Waals surface area contributed by atoms with Gasteiger partial charge in [0.1, 0.15) is 0 Å². The molecule has 0 bridgehead atoms. The molecule has 0 aromatic heterocycles. The quantitative estimate of drug-likeness (QED) is 0.777. The number of hydrogen-bond acceptors (Lipinski definition) is 4. The minimum absolute atomic E-state index is 0.00314. The maximum absolute atomic E-state index is 12.1. The lowest BCUT2D eigenvalue weighted by Gasteiger charge is -2.19. The van der Waals surface area contributed by atoms with E-state index in [1.165, 1.54) is 9.91 Å². The molecule has 1 aromatic rings. The normalized spacial score (nSPS) is 18.4. The van der Waals surface area contributed by atoms with Gasteiger partial charge >= 0.3 is 0 Å². The molecule has 0 radical (unpaired) electrons. The third-order valence-corrected chi connectivity index (χ3v) is 3.37. The summed E-state index contributed by atoms with van der Waals surface area (Å²) >= 11 is 0. The molecule has 3 amide bonds. The van der Waals surface area contributed by atoms with Crippen LogP contribution in [0.4, 0.5) is 0 Å². The summed E-state index contributed by atoms with van der Waals surface area (Å²) in [5.74, 6) is -0.573. The molecular weight excluding hydrogens is 246 g/mol. The zero-order chi connectivity index (χ0) is 13.4. The molecule has 98 valence electrons. The van der Waals surface area contributed by atoms with Crippen molar-refractivity contribution in [3.05, 3.63) is 35.4 Å². The van der Waals surface area contributed by atoms with E-state index in [1.54, 1.807) is 24.3 Å². The van der Waals surface area contributed by atoms with Gasteiger partial charge in [0.2, 0.25) is 5.91 Å². The van der Waals surface area contributed by atoms with Gasteiger partial charge in [-0.25, -0.2) is 5.43 Å². The second-order valence-corrected chi connectivity index (χ2v) is 4.51. The van der Waals surface area contributed by atoms with Crippen molar-refractivity contribution in [3.8, 4) is 0 Å². The van der Waals surface area contributed by atoms with Gasteiger partial charge < -0.3 is 0 Å². The third-order valence-electron chi connectivity index (χ3n) is 3.37. The van der Waals surface area contributed by atoms with Crippen molar-refractivity contribution in [2.24, 2.45) is 0 Å². The van der Waals surface area contributed by atoms with E-state index in [2.05, 4.69) is 5.43 Å². The van der Waals surface area contributed by atoms with Crippen molar-refractivity contribution in [2.75, 3.05) is 19.6 Å². The van der Waals surface area contributed by atoms with E-state index in [9.17, 15) is 14.4 Å². The first-order chi connectivity index (χ1) is 9.18. The average molecular weight is 259 g/mol. The third kappa shape index (κ3) is 1.90. The highest BCUT2D eigenvalue weighted by molar-refractivity contribution is 6.21. The summed E-state index contributed by atoms with van der Waals surface area (Å²) in [6, 6.07) is 6.77. The second-order valence-electron chi connectivity index (χ2n) is 4.51. The van der Waals surface area contributed by atoms with Gasteiger partial charge in [0.15, 0.2) is 0 Å². The lowest BCUT2D eigenvalue weighted by molar-refractivity contribution is -0.129. The fourth-order valence-electron chi connectivity index (χ4n) is 2.37. The fourth-order valence-corrected chi connectivity index (χ4v) is 2.37. The first-order valence-electron chi connectivity index (χ1n) is 6.17. The largest absolute Gasteiger partial charge is 0.276 e. The number of hydrogen-bond donors (Lipinski definition) is 1. The Morgan fingerprint density at radius 3 is 2.16 bits per heavy atom. The standard InChI is InChI=1S/C13H13N3O3/c17-11-5-6-14-16(11)8-7-15-12(18)9-3-1-2-4-10(9)13(15)19/h1-4,14H,5-8H2. The van der Waals surface area contributed by atoms with E-state index >= 15 is 0 Å². The van der Waals surface area contributed by atoms with Gasteiger partial charge in [-0.15, -0.1) is 0 Å². The minimum atomic E-state index is -0.285. The van der Waals surface area contributed by atoms with Crippen LogP contribution in [0, 0.1) is 0 Å². The molecule has 1 fully saturated rings. The predicted octanol–water partition coefficient (Wildman–Crippen LogP) is 0.0195. The van der Waals surface area contributed by atoms with Gasteiger partial charge in [0, 0.05) is 19.5 Å². The highest BCUT2D eigenvalue weighted by Gasteiger charge is 2.35. The van der Waals surface area contributed by atoms with E-state index < -0.39 is 0 Å². The molecule has 1 saturated heterocycles. The lowest BCUT2D eigenvalue weighted by atomic mass is 10.1. The second kappa shape index (κ2) is 4.47. The maximum atomic E-state index is 12.1. The van der Waals surface area contributed by atoms with Gasteiger partial charge in [-0.1, -0.05) is 12.1 Å². The van der Waals surface area contributed by atoms with Gasteiger partial charge in [-0.2, -0.15) is 0 Å². The van der Waals surface area contributed by atoms with E-state index in [4.69, 9.17) is 0 Å². The first kappa shape index (κ1) is 11.9. The number of nitrogens with zero attached hydrogens (tertiary/aromatic N) is 2. The summed E-state index contributed by atoms with van der Waals surface area (Å²) < 4.78 is 0. The Balaban J connectivity index is 1.72. The number of rotatable bonds is 3. The summed E-state index contributed by atoms with van der Waals surface area (Å²) in [6.07, 6.45) is 0.460. The zero-order valence-corrected chi connectivity index (χ0v) is 10.3. The van der Waals surface area contributed by atoms with Crippen LogP contribution in [0.2, 0.25) is 0 Å². The molecule has 1 aromatic carbocycles. The van der Waals surface area contributed by atoms with Crippen LogP contribution in [0.25, 0.3) is 0 Å². The molecule has 0 aliphatic carbocycles. The molecular formula is C13H13N3O3. The van der Waals surface area contributed by atoms with E-state index in [0.29, 0.717) is 30.6 Å². The Morgan fingerprint density at radius 1 is 1.00 bits per heavy atom. The Hall–Kier alpha value is -2.21.